The van der Waals surface area contributed by atoms with Crippen LogP contribution in [0.15, 0.2) is 78.9 Å². The quantitative estimate of drug-likeness (QED) is 0.664. The van der Waals surface area contributed by atoms with Crippen LogP contribution in [0.4, 0.5) is 10.1 Å². The van der Waals surface area contributed by atoms with Crippen LogP contribution in [0, 0.1) is 11.2 Å². The van der Waals surface area contributed by atoms with E-state index in [-0.39, 0.29) is 11.2 Å². The van der Waals surface area contributed by atoms with Crippen molar-refractivity contribution in [2.75, 3.05) is 5.32 Å². The van der Waals surface area contributed by atoms with E-state index in [0.29, 0.717) is 16.3 Å². The van der Waals surface area contributed by atoms with E-state index < -0.39 is 18.4 Å². The molecular formula is C23H23FNO2P. The number of carbonyl (C=O) groups excluding carboxylic acids is 1. The lowest BCUT2D eigenvalue weighted by molar-refractivity contribution is -0.123. The van der Waals surface area contributed by atoms with Crippen LogP contribution in [-0.4, -0.2) is 5.91 Å². The van der Waals surface area contributed by atoms with Crippen LogP contribution in [0.3, 0.4) is 0 Å². The molecule has 0 aliphatic rings. The molecule has 0 heterocycles. The van der Waals surface area contributed by atoms with Gasteiger partial charge in [-0.1, -0.05) is 81.4 Å². The summed E-state index contributed by atoms with van der Waals surface area (Å²) in [6, 6.07) is 22.2. The van der Waals surface area contributed by atoms with E-state index in [1.54, 1.807) is 75.4 Å². The largest absolute Gasteiger partial charge is 0.326 e. The number of rotatable bonds is 4. The third kappa shape index (κ3) is 3.93. The van der Waals surface area contributed by atoms with Crippen LogP contribution in [-0.2, 0) is 9.36 Å². The Morgan fingerprint density at radius 3 is 1.79 bits per heavy atom. The molecule has 28 heavy (non-hydrogen) atoms. The topological polar surface area (TPSA) is 46.2 Å². The molecule has 0 aliphatic heterocycles. The van der Waals surface area contributed by atoms with Gasteiger partial charge in [0.15, 0.2) is 7.14 Å². The van der Waals surface area contributed by atoms with Crippen LogP contribution in [0.1, 0.15) is 20.8 Å². The van der Waals surface area contributed by atoms with E-state index in [1.165, 1.54) is 12.1 Å². The predicted molar refractivity (Wildman–Crippen MR) is 114 cm³/mol. The third-order valence-electron chi connectivity index (χ3n) is 4.47. The van der Waals surface area contributed by atoms with Crippen molar-refractivity contribution >= 4 is 34.7 Å². The Hall–Kier alpha value is -2.71. The smallest absolute Gasteiger partial charge is 0.229 e. The van der Waals surface area contributed by atoms with E-state index in [9.17, 15) is 9.36 Å². The zero-order valence-electron chi connectivity index (χ0n) is 16.1. The lowest BCUT2D eigenvalue weighted by atomic mass is 9.95. The number of nitrogens with one attached hydrogen (secondary N) is 1. The second-order valence-electron chi connectivity index (χ2n) is 7.65. The highest BCUT2D eigenvalue weighted by Crippen LogP contribution is 2.43. The zero-order valence-corrected chi connectivity index (χ0v) is 17.0. The maximum Gasteiger partial charge on any atom is 0.229 e. The maximum atomic E-state index is 15.1. The van der Waals surface area contributed by atoms with Gasteiger partial charge in [0.2, 0.25) is 5.91 Å². The van der Waals surface area contributed by atoms with Gasteiger partial charge in [-0.05, 0) is 18.2 Å². The van der Waals surface area contributed by atoms with Gasteiger partial charge in [0.05, 0.1) is 5.30 Å². The molecule has 3 rings (SSSR count). The van der Waals surface area contributed by atoms with Crippen LogP contribution in [0.2, 0.25) is 0 Å². The summed E-state index contributed by atoms with van der Waals surface area (Å²) in [6.07, 6.45) is 0. The fourth-order valence-corrected chi connectivity index (χ4v) is 5.55. The first-order valence-electron chi connectivity index (χ1n) is 9.06. The summed E-state index contributed by atoms with van der Waals surface area (Å²) >= 11 is 0. The van der Waals surface area contributed by atoms with E-state index in [1.807, 2.05) is 12.1 Å². The molecule has 0 saturated heterocycles. The first-order valence-corrected chi connectivity index (χ1v) is 10.8. The van der Waals surface area contributed by atoms with Crippen molar-refractivity contribution in [3.8, 4) is 0 Å². The summed E-state index contributed by atoms with van der Waals surface area (Å²) in [5, 5.41) is 3.96. The number of anilines is 1. The Labute approximate surface area is 165 Å². The predicted octanol–water partition coefficient (Wildman–Crippen LogP) is 4.45. The van der Waals surface area contributed by atoms with E-state index in [2.05, 4.69) is 5.32 Å². The summed E-state index contributed by atoms with van der Waals surface area (Å²) in [4.78, 5) is 12.2. The van der Waals surface area contributed by atoms with Gasteiger partial charge in [0.25, 0.3) is 0 Å². The SMILES string of the molecule is CC(C)(C)C(=O)Nc1ccc(P(=O)(c2ccccc2)c2ccccc2)c(F)c1. The third-order valence-corrected chi connectivity index (χ3v) is 7.56. The molecule has 0 atom stereocenters. The Kier molecular flexibility index (Phi) is 5.53. The number of benzene rings is 3. The van der Waals surface area contributed by atoms with Crippen LogP contribution in [0.25, 0.3) is 0 Å². The van der Waals surface area contributed by atoms with E-state index >= 15 is 4.39 Å². The standard InChI is InChI=1S/C23H23FNO2P/c1-23(2,3)22(26)25-17-14-15-21(20(24)16-17)28(27,18-10-6-4-7-11-18)19-12-8-5-9-13-19/h4-16H,1-3H3,(H,25,26). The Morgan fingerprint density at radius 1 is 0.857 bits per heavy atom. The first-order chi connectivity index (χ1) is 13.2. The van der Waals surface area contributed by atoms with Gasteiger partial charge >= 0.3 is 0 Å². The molecule has 3 nitrogen and oxygen atoms in total. The van der Waals surface area contributed by atoms with Gasteiger partial charge in [-0.25, -0.2) is 4.39 Å². The molecule has 5 heteroatoms. The fourth-order valence-electron chi connectivity index (χ4n) is 2.86. The Balaban J connectivity index is 2.10. The minimum Gasteiger partial charge on any atom is -0.326 e. The summed E-state index contributed by atoms with van der Waals surface area (Å²) in [7, 11) is -3.39. The molecule has 0 unspecified atom stereocenters. The van der Waals surface area contributed by atoms with Gasteiger partial charge in [0, 0.05) is 21.7 Å². The van der Waals surface area contributed by atoms with Crippen molar-refractivity contribution in [1.82, 2.24) is 0 Å². The van der Waals surface area contributed by atoms with Gasteiger partial charge in [0.1, 0.15) is 5.82 Å². The molecule has 0 aromatic heterocycles. The van der Waals surface area contributed by atoms with Crippen molar-refractivity contribution in [2.45, 2.75) is 20.8 Å². The molecule has 0 spiro atoms. The normalized spacial score (nSPS) is 11.9. The highest BCUT2D eigenvalue weighted by Gasteiger charge is 2.32. The summed E-state index contributed by atoms with van der Waals surface area (Å²) in [5.41, 5.74) is -0.257. The Bertz CT molecular complexity index is 984. The maximum absolute atomic E-state index is 15.1. The monoisotopic (exact) mass is 395 g/mol. The van der Waals surface area contributed by atoms with Crippen LogP contribution in [0.5, 0.6) is 0 Å². The minimum absolute atomic E-state index is 0.124. The second kappa shape index (κ2) is 7.73. The lowest BCUT2D eigenvalue weighted by Gasteiger charge is -2.22. The molecule has 0 saturated carbocycles. The fraction of sp³-hybridized carbons (Fsp3) is 0.174. The number of hydrogen-bond acceptors (Lipinski definition) is 2. The van der Waals surface area contributed by atoms with Crippen molar-refractivity contribution < 1.29 is 13.8 Å². The number of carbonyl (C=O) groups is 1. The first kappa shape index (κ1) is 20.0. The number of halogens is 1. The molecule has 1 N–H and O–H groups in total. The van der Waals surface area contributed by atoms with Crippen molar-refractivity contribution in [3.05, 3.63) is 84.7 Å². The van der Waals surface area contributed by atoms with Gasteiger partial charge in [-0.15, -0.1) is 0 Å². The second-order valence-corrected chi connectivity index (χ2v) is 10.4. The summed E-state index contributed by atoms with van der Waals surface area (Å²) in [5.74, 6) is -0.822. The van der Waals surface area contributed by atoms with E-state index in [4.69, 9.17) is 0 Å². The molecule has 0 aliphatic carbocycles. The van der Waals surface area contributed by atoms with Crippen LogP contribution >= 0.6 is 7.14 Å². The van der Waals surface area contributed by atoms with Crippen LogP contribution < -0.4 is 21.2 Å². The summed E-state index contributed by atoms with van der Waals surface area (Å²) in [6.45, 7) is 5.35. The molecule has 0 radical (unpaired) electrons. The molecule has 0 bridgehead atoms. The van der Waals surface area contributed by atoms with E-state index in [0.717, 1.165) is 0 Å². The molecule has 0 fully saturated rings. The molecule has 3 aromatic carbocycles. The highest BCUT2D eigenvalue weighted by atomic mass is 31.2. The average Bonchev–Trinajstić information content (AvgIpc) is 2.68. The van der Waals surface area contributed by atoms with Crippen molar-refractivity contribution in [2.24, 2.45) is 5.41 Å². The molecule has 3 aromatic rings. The van der Waals surface area contributed by atoms with Gasteiger partial charge < -0.3 is 9.88 Å². The number of hydrogen-bond donors (Lipinski definition) is 1. The van der Waals surface area contributed by atoms with Gasteiger partial charge in [-0.2, -0.15) is 0 Å². The van der Waals surface area contributed by atoms with Gasteiger partial charge in [-0.3, -0.25) is 4.79 Å². The number of amides is 1. The molecule has 144 valence electrons. The lowest BCUT2D eigenvalue weighted by Crippen LogP contribution is -2.29. The zero-order chi connectivity index (χ0) is 20.4. The average molecular weight is 395 g/mol. The highest BCUT2D eigenvalue weighted by molar-refractivity contribution is 7.85. The summed E-state index contributed by atoms with van der Waals surface area (Å²) < 4.78 is 29.3. The molecule has 1 amide bonds. The molecular weight excluding hydrogens is 372 g/mol. The Morgan fingerprint density at radius 2 is 1.36 bits per heavy atom. The van der Waals surface area contributed by atoms with Crippen molar-refractivity contribution in [1.29, 1.82) is 0 Å². The van der Waals surface area contributed by atoms with Crippen molar-refractivity contribution in [3.63, 3.8) is 0 Å². The minimum atomic E-state index is -3.39.